The SMILES string of the molecule is O=C(NCC(O)c1ccc(Cl)c(F)c1)Nc1ccc(F)cc1F. The van der Waals surface area contributed by atoms with Crippen molar-refractivity contribution in [3.8, 4) is 0 Å². The Bertz CT molecular complexity index is 728. The second kappa shape index (κ2) is 7.34. The Morgan fingerprint density at radius 2 is 1.87 bits per heavy atom. The Kier molecular flexibility index (Phi) is 5.46. The summed E-state index contributed by atoms with van der Waals surface area (Å²) in [5, 5.41) is 14.2. The first kappa shape index (κ1) is 17.1. The van der Waals surface area contributed by atoms with Gasteiger partial charge in [0.05, 0.1) is 16.8 Å². The summed E-state index contributed by atoms with van der Waals surface area (Å²) in [4.78, 5) is 11.6. The van der Waals surface area contributed by atoms with Crippen LogP contribution in [0.1, 0.15) is 11.7 Å². The van der Waals surface area contributed by atoms with E-state index in [0.29, 0.717) is 6.07 Å². The van der Waals surface area contributed by atoms with E-state index in [1.54, 1.807) is 0 Å². The van der Waals surface area contributed by atoms with Gasteiger partial charge >= 0.3 is 6.03 Å². The summed E-state index contributed by atoms with van der Waals surface area (Å²) in [6.45, 7) is -0.240. The monoisotopic (exact) mass is 344 g/mol. The minimum atomic E-state index is -1.18. The highest BCUT2D eigenvalue weighted by atomic mass is 35.5. The number of carbonyl (C=O) groups is 1. The second-order valence-electron chi connectivity index (χ2n) is 4.65. The van der Waals surface area contributed by atoms with Gasteiger partial charge in [0.1, 0.15) is 17.5 Å². The zero-order valence-electron chi connectivity index (χ0n) is 11.6. The summed E-state index contributed by atoms with van der Waals surface area (Å²) in [5.74, 6) is -2.39. The van der Waals surface area contributed by atoms with E-state index in [1.807, 2.05) is 0 Å². The van der Waals surface area contributed by atoms with Crippen molar-refractivity contribution < 1.29 is 23.1 Å². The van der Waals surface area contributed by atoms with Crippen molar-refractivity contribution in [2.75, 3.05) is 11.9 Å². The average Bonchev–Trinajstić information content (AvgIpc) is 2.50. The highest BCUT2D eigenvalue weighted by molar-refractivity contribution is 6.30. The molecule has 0 aliphatic rings. The smallest absolute Gasteiger partial charge is 0.319 e. The third kappa shape index (κ3) is 4.61. The number of rotatable bonds is 4. The van der Waals surface area contributed by atoms with Crippen LogP contribution < -0.4 is 10.6 Å². The molecule has 122 valence electrons. The number of anilines is 1. The molecule has 23 heavy (non-hydrogen) atoms. The standard InChI is InChI=1S/C15H12ClF3N2O2/c16-10-3-1-8(5-11(10)18)14(22)7-20-15(23)21-13-4-2-9(17)6-12(13)19/h1-6,14,22H,7H2,(H2,20,21,23). The first-order valence-electron chi connectivity index (χ1n) is 6.49. The predicted octanol–water partition coefficient (Wildman–Crippen LogP) is 3.61. The van der Waals surface area contributed by atoms with Crippen molar-refractivity contribution in [3.63, 3.8) is 0 Å². The van der Waals surface area contributed by atoms with Gasteiger partial charge in [-0.25, -0.2) is 18.0 Å². The maximum Gasteiger partial charge on any atom is 0.319 e. The average molecular weight is 345 g/mol. The minimum absolute atomic E-state index is 0.0848. The lowest BCUT2D eigenvalue weighted by atomic mass is 10.1. The van der Waals surface area contributed by atoms with Crippen LogP contribution in [0.5, 0.6) is 0 Å². The lowest BCUT2D eigenvalue weighted by Crippen LogP contribution is -2.32. The highest BCUT2D eigenvalue weighted by Gasteiger charge is 2.13. The number of aliphatic hydroxyl groups is 1. The van der Waals surface area contributed by atoms with E-state index in [9.17, 15) is 23.1 Å². The first-order chi connectivity index (χ1) is 10.9. The van der Waals surface area contributed by atoms with Gasteiger partial charge in [0.25, 0.3) is 0 Å². The van der Waals surface area contributed by atoms with E-state index in [-0.39, 0.29) is 22.8 Å². The molecule has 0 fully saturated rings. The molecule has 8 heteroatoms. The Balaban J connectivity index is 1.91. The molecule has 2 rings (SSSR count). The predicted molar refractivity (Wildman–Crippen MR) is 79.7 cm³/mol. The van der Waals surface area contributed by atoms with Crippen LogP contribution >= 0.6 is 11.6 Å². The van der Waals surface area contributed by atoms with Gasteiger partial charge in [-0.2, -0.15) is 0 Å². The van der Waals surface area contributed by atoms with Crippen molar-refractivity contribution in [3.05, 3.63) is 64.4 Å². The van der Waals surface area contributed by atoms with Crippen molar-refractivity contribution in [1.29, 1.82) is 0 Å². The molecule has 4 nitrogen and oxygen atoms in total. The van der Waals surface area contributed by atoms with Gasteiger partial charge in [-0.15, -0.1) is 0 Å². The third-order valence-electron chi connectivity index (χ3n) is 2.96. The van der Waals surface area contributed by atoms with Crippen molar-refractivity contribution in [2.24, 2.45) is 0 Å². The molecule has 0 aliphatic carbocycles. The summed E-state index contributed by atoms with van der Waals surface area (Å²) in [6, 6.07) is 5.62. The lowest BCUT2D eigenvalue weighted by Gasteiger charge is -2.13. The van der Waals surface area contributed by atoms with E-state index >= 15 is 0 Å². The molecule has 0 bridgehead atoms. The van der Waals surface area contributed by atoms with Crippen LogP contribution in [-0.2, 0) is 0 Å². The molecule has 0 aliphatic heterocycles. The molecule has 2 aromatic rings. The summed E-state index contributed by atoms with van der Waals surface area (Å²) in [7, 11) is 0. The van der Waals surface area contributed by atoms with E-state index < -0.39 is 29.6 Å². The number of benzene rings is 2. The number of nitrogens with one attached hydrogen (secondary N) is 2. The van der Waals surface area contributed by atoms with Crippen molar-refractivity contribution in [1.82, 2.24) is 5.32 Å². The fraction of sp³-hybridized carbons (Fsp3) is 0.133. The van der Waals surface area contributed by atoms with Gasteiger partial charge in [0, 0.05) is 12.6 Å². The maximum absolute atomic E-state index is 13.4. The Morgan fingerprint density at radius 3 is 2.52 bits per heavy atom. The van der Waals surface area contributed by atoms with Gasteiger partial charge in [-0.1, -0.05) is 17.7 Å². The van der Waals surface area contributed by atoms with Gasteiger partial charge < -0.3 is 15.7 Å². The molecule has 0 saturated heterocycles. The molecule has 0 spiro atoms. The Labute approximate surface area is 134 Å². The largest absolute Gasteiger partial charge is 0.387 e. The van der Waals surface area contributed by atoms with Crippen LogP contribution in [-0.4, -0.2) is 17.7 Å². The Hall–Kier alpha value is -2.25. The molecule has 2 amide bonds. The number of halogens is 4. The molecular formula is C15H12ClF3N2O2. The quantitative estimate of drug-likeness (QED) is 0.793. The number of hydrogen-bond acceptors (Lipinski definition) is 2. The zero-order chi connectivity index (χ0) is 17.0. The molecule has 0 saturated carbocycles. The highest BCUT2D eigenvalue weighted by Crippen LogP contribution is 2.20. The summed E-state index contributed by atoms with van der Waals surface area (Å²) in [6.07, 6.45) is -1.18. The van der Waals surface area contributed by atoms with Crippen LogP contribution in [0, 0.1) is 17.5 Å². The number of amides is 2. The zero-order valence-corrected chi connectivity index (χ0v) is 12.4. The molecule has 3 N–H and O–H groups in total. The molecule has 1 unspecified atom stereocenters. The molecule has 0 heterocycles. The molecular weight excluding hydrogens is 333 g/mol. The summed E-state index contributed by atoms with van der Waals surface area (Å²) < 4.78 is 39.4. The van der Waals surface area contributed by atoms with Crippen LogP contribution in [0.4, 0.5) is 23.7 Å². The fourth-order valence-corrected chi connectivity index (χ4v) is 1.90. The van der Waals surface area contributed by atoms with Crippen LogP contribution in [0.25, 0.3) is 0 Å². The normalized spacial score (nSPS) is 11.9. The van der Waals surface area contributed by atoms with E-state index in [4.69, 9.17) is 11.6 Å². The lowest BCUT2D eigenvalue weighted by molar-refractivity contribution is 0.174. The number of aliphatic hydroxyl groups excluding tert-OH is 1. The topological polar surface area (TPSA) is 61.4 Å². The van der Waals surface area contributed by atoms with Gasteiger partial charge in [-0.3, -0.25) is 0 Å². The minimum Gasteiger partial charge on any atom is -0.387 e. The van der Waals surface area contributed by atoms with Crippen molar-refractivity contribution in [2.45, 2.75) is 6.10 Å². The van der Waals surface area contributed by atoms with Gasteiger partial charge in [0.15, 0.2) is 0 Å². The van der Waals surface area contributed by atoms with Gasteiger partial charge in [-0.05, 0) is 29.8 Å². The fourth-order valence-electron chi connectivity index (χ4n) is 1.78. The van der Waals surface area contributed by atoms with E-state index in [1.165, 1.54) is 12.1 Å². The molecule has 0 radical (unpaired) electrons. The van der Waals surface area contributed by atoms with E-state index in [0.717, 1.165) is 18.2 Å². The van der Waals surface area contributed by atoms with Crippen LogP contribution in [0.2, 0.25) is 5.02 Å². The van der Waals surface area contributed by atoms with Crippen molar-refractivity contribution >= 4 is 23.3 Å². The third-order valence-corrected chi connectivity index (χ3v) is 3.27. The van der Waals surface area contributed by atoms with Crippen LogP contribution in [0.15, 0.2) is 36.4 Å². The second-order valence-corrected chi connectivity index (χ2v) is 5.06. The van der Waals surface area contributed by atoms with Gasteiger partial charge in [0.2, 0.25) is 0 Å². The van der Waals surface area contributed by atoms with E-state index in [2.05, 4.69) is 10.6 Å². The Morgan fingerprint density at radius 1 is 1.13 bits per heavy atom. The number of urea groups is 1. The molecule has 0 aromatic heterocycles. The number of carbonyl (C=O) groups excluding carboxylic acids is 1. The summed E-state index contributed by atoms with van der Waals surface area (Å²) in [5.41, 5.74) is 0.0103. The first-order valence-corrected chi connectivity index (χ1v) is 6.87. The number of hydrogen-bond donors (Lipinski definition) is 3. The summed E-state index contributed by atoms with van der Waals surface area (Å²) >= 11 is 5.53. The molecule has 2 aromatic carbocycles. The maximum atomic E-state index is 13.4. The molecule has 1 atom stereocenters. The van der Waals surface area contributed by atoms with Crippen LogP contribution in [0.3, 0.4) is 0 Å².